The van der Waals surface area contributed by atoms with Crippen molar-refractivity contribution in [2.24, 2.45) is 0 Å². The van der Waals surface area contributed by atoms with Gasteiger partial charge in [0.1, 0.15) is 5.82 Å². The summed E-state index contributed by atoms with van der Waals surface area (Å²) in [5, 5.41) is 4.34. The van der Waals surface area contributed by atoms with Crippen molar-refractivity contribution < 1.29 is 0 Å². The lowest BCUT2D eigenvalue weighted by Gasteiger charge is -2.07. The van der Waals surface area contributed by atoms with E-state index in [0.29, 0.717) is 0 Å². The van der Waals surface area contributed by atoms with Crippen molar-refractivity contribution >= 4 is 50.7 Å². The second kappa shape index (κ2) is 5.05. The maximum atomic E-state index is 5.76. The third kappa shape index (κ3) is 2.78. The molecule has 0 atom stereocenters. The Hall–Kier alpha value is -1.82. The lowest BCUT2D eigenvalue weighted by atomic mass is 10.2. The van der Waals surface area contributed by atoms with Gasteiger partial charge in [0.25, 0.3) is 0 Å². The molecule has 19 heavy (non-hydrogen) atoms. The van der Waals surface area contributed by atoms with Crippen LogP contribution in [0.1, 0.15) is 0 Å². The van der Waals surface area contributed by atoms with Gasteiger partial charge < -0.3 is 11.1 Å². The molecule has 0 amide bonds. The van der Waals surface area contributed by atoms with Crippen molar-refractivity contribution in [2.45, 2.75) is 0 Å². The molecule has 1 aromatic heterocycles. The maximum absolute atomic E-state index is 5.76. The summed E-state index contributed by atoms with van der Waals surface area (Å²) in [7, 11) is 0. The van der Waals surface area contributed by atoms with Gasteiger partial charge in [-0.05, 0) is 77.2 Å². The number of fused-ring (bicyclic) bond motifs is 1. The van der Waals surface area contributed by atoms with Crippen LogP contribution in [0.4, 0.5) is 17.2 Å². The highest BCUT2D eigenvalue weighted by molar-refractivity contribution is 14.1. The van der Waals surface area contributed by atoms with Crippen molar-refractivity contribution in [3.05, 3.63) is 58.2 Å². The predicted octanol–water partition coefficient (Wildman–Crippen LogP) is 4.17. The number of pyridine rings is 1. The molecule has 0 aliphatic rings. The molecule has 3 aromatic rings. The second-order valence-electron chi connectivity index (χ2n) is 4.28. The number of nitrogens with two attached hydrogens (primary N) is 1. The molecule has 3 N–H and O–H groups in total. The van der Waals surface area contributed by atoms with E-state index in [1.807, 2.05) is 42.5 Å². The summed E-state index contributed by atoms with van der Waals surface area (Å²) in [5.41, 5.74) is 8.48. The third-order valence-electron chi connectivity index (χ3n) is 2.83. The summed E-state index contributed by atoms with van der Waals surface area (Å²) in [5.74, 6) is 0.832. The molecule has 1 heterocycles. The van der Waals surface area contributed by atoms with E-state index >= 15 is 0 Å². The van der Waals surface area contributed by atoms with Crippen LogP contribution in [0.5, 0.6) is 0 Å². The molecule has 0 spiro atoms. The summed E-state index contributed by atoms with van der Waals surface area (Å²) in [6, 6.07) is 17.9. The Morgan fingerprint density at radius 1 is 0.947 bits per heavy atom. The number of nitrogens with zero attached hydrogens (tertiary/aromatic N) is 1. The average Bonchev–Trinajstić information content (AvgIpc) is 2.42. The van der Waals surface area contributed by atoms with Crippen LogP contribution in [0, 0.1) is 3.57 Å². The van der Waals surface area contributed by atoms with Crippen LogP contribution in [-0.4, -0.2) is 4.98 Å². The first kappa shape index (κ1) is 12.2. The summed E-state index contributed by atoms with van der Waals surface area (Å²) in [6.07, 6.45) is 0. The van der Waals surface area contributed by atoms with Gasteiger partial charge >= 0.3 is 0 Å². The van der Waals surface area contributed by atoms with E-state index in [0.717, 1.165) is 28.1 Å². The first-order valence-corrected chi connectivity index (χ1v) is 6.97. The molecule has 3 rings (SSSR count). The van der Waals surface area contributed by atoms with E-state index in [4.69, 9.17) is 5.73 Å². The average molecular weight is 361 g/mol. The van der Waals surface area contributed by atoms with E-state index in [2.05, 4.69) is 45.0 Å². The minimum Gasteiger partial charge on any atom is -0.399 e. The zero-order valence-electron chi connectivity index (χ0n) is 10.1. The van der Waals surface area contributed by atoms with E-state index < -0.39 is 0 Å². The quantitative estimate of drug-likeness (QED) is 0.532. The van der Waals surface area contributed by atoms with Gasteiger partial charge in [-0.25, -0.2) is 4.98 Å². The van der Waals surface area contributed by atoms with Crippen LogP contribution in [0.3, 0.4) is 0 Å². The predicted molar refractivity (Wildman–Crippen MR) is 88.6 cm³/mol. The van der Waals surface area contributed by atoms with Gasteiger partial charge in [0.15, 0.2) is 0 Å². The molecule has 94 valence electrons. The van der Waals surface area contributed by atoms with Crippen molar-refractivity contribution in [2.75, 3.05) is 11.1 Å². The number of aromatic nitrogens is 1. The van der Waals surface area contributed by atoms with Crippen molar-refractivity contribution in [3.8, 4) is 0 Å². The molecule has 0 saturated heterocycles. The van der Waals surface area contributed by atoms with Crippen molar-refractivity contribution in [3.63, 3.8) is 0 Å². The van der Waals surface area contributed by atoms with E-state index in [-0.39, 0.29) is 0 Å². The van der Waals surface area contributed by atoms with Crippen LogP contribution in [0.2, 0.25) is 0 Å². The Kier molecular flexibility index (Phi) is 3.25. The van der Waals surface area contributed by atoms with Crippen LogP contribution in [-0.2, 0) is 0 Å². The summed E-state index contributed by atoms with van der Waals surface area (Å²) < 4.78 is 1.21. The number of anilines is 3. The number of hydrogen-bond donors (Lipinski definition) is 2. The monoisotopic (exact) mass is 361 g/mol. The summed E-state index contributed by atoms with van der Waals surface area (Å²) >= 11 is 2.29. The molecular weight excluding hydrogens is 349 g/mol. The molecule has 3 nitrogen and oxygen atoms in total. The zero-order valence-corrected chi connectivity index (χ0v) is 12.3. The van der Waals surface area contributed by atoms with Gasteiger partial charge in [0.05, 0.1) is 5.52 Å². The van der Waals surface area contributed by atoms with E-state index in [1.165, 1.54) is 3.57 Å². The Balaban J connectivity index is 1.93. The van der Waals surface area contributed by atoms with E-state index in [9.17, 15) is 0 Å². The number of benzene rings is 2. The summed E-state index contributed by atoms with van der Waals surface area (Å²) in [6.45, 7) is 0. The fraction of sp³-hybridized carbons (Fsp3) is 0. The Morgan fingerprint density at radius 2 is 1.74 bits per heavy atom. The Labute approximate surface area is 125 Å². The van der Waals surface area contributed by atoms with Gasteiger partial charge in [-0.2, -0.15) is 0 Å². The van der Waals surface area contributed by atoms with Crippen LogP contribution < -0.4 is 11.1 Å². The Morgan fingerprint density at radius 3 is 2.53 bits per heavy atom. The van der Waals surface area contributed by atoms with Gasteiger partial charge in [-0.3, -0.25) is 0 Å². The van der Waals surface area contributed by atoms with Gasteiger partial charge in [0.2, 0.25) is 0 Å². The van der Waals surface area contributed by atoms with Crippen LogP contribution in [0.25, 0.3) is 10.9 Å². The maximum Gasteiger partial charge on any atom is 0.131 e. The standard InChI is InChI=1S/C15H12IN3/c16-11-2-5-13(6-3-11)18-15-8-1-10-9-12(17)4-7-14(10)19-15/h1-9H,17H2,(H,18,19). The normalized spacial score (nSPS) is 10.6. The highest BCUT2D eigenvalue weighted by Gasteiger charge is 2.00. The van der Waals surface area contributed by atoms with Crippen molar-refractivity contribution in [1.29, 1.82) is 0 Å². The number of nitrogens with one attached hydrogen (secondary N) is 1. The third-order valence-corrected chi connectivity index (χ3v) is 3.55. The van der Waals surface area contributed by atoms with Gasteiger partial charge in [-0.1, -0.05) is 0 Å². The molecule has 0 aliphatic heterocycles. The first-order chi connectivity index (χ1) is 9.20. The fourth-order valence-corrected chi connectivity index (χ4v) is 2.25. The van der Waals surface area contributed by atoms with Gasteiger partial charge in [-0.15, -0.1) is 0 Å². The minimum atomic E-state index is 0.757. The smallest absolute Gasteiger partial charge is 0.131 e. The number of halogens is 1. The van der Waals surface area contributed by atoms with Gasteiger partial charge in [0, 0.05) is 20.3 Å². The molecule has 4 heteroatoms. The molecule has 0 radical (unpaired) electrons. The van der Waals surface area contributed by atoms with Crippen LogP contribution in [0.15, 0.2) is 54.6 Å². The van der Waals surface area contributed by atoms with Crippen molar-refractivity contribution in [1.82, 2.24) is 4.98 Å². The SMILES string of the molecule is Nc1ccc2nc(Nc3ccc(I)cc3)ccc2c1. The lowest BCUT2D eigenvalue weighted by Crippen LogP contribution is -1.94. The molecule has 2 aromatic carbocycles. The van der Waals surface area contributed by atoms with E-state index in [1.54, 1.807) is 0 Å². The first-order valence-electron chi connectivity index (χ1n) is 5.89. The molecule has 0 saturated carbocycles. The molecular formula is C15H12IN3. The molecule has 0 unspecified atom stereocenters. The molecule has 0 aliphatic carbocycles. The zero-order chi connectivity index (χ0) is 13.2. The summed E-state index contributed by atoms with van der Waals surface area (Å²) in [4.78, 5) is 4.57. The second-order valence-corrected chi connectivity index (χ2v) is 5.53. The number of nitrogen functional groups attached to an aromatic ring is 1. The highest BCUT2D eigenvalue weighted by Crippen LogP contribution is 2.21. The number of rotatable bonds is 2. The number of hydrogen-bond acceptors (Lipinski definition) is 3. The Bertz CT molecular complexity index is 723. The highest BCUT2D eigenvalue weighted by atomic mass is 127. The molecule has 0 bridgehead atoms. The largest absolute Gasteiger partial charge is 0.399 e. The lowest BCUT2D eigenvalue weighted by molar-refractivity contribution is 1.37. The fourth-order valence-electron chi connectivity index (χ4n) is 1.89. The van der Waals surface area contributed by atoms with Crippen LogP contribution >= 0.6 is 22.6 Å². The topological polar surface area (TPSA) is 50.9 Å². The minimum absolute atomic E-state index is 0.757. The molecule has 0 fully saturated rings.